The van der Waals surface area contributed by atoms with Crippen LogP contribution in [0.5, 0.6) is 0 Å². The van der Waals surface area contributed by atoms with Crippen molar-refractivity contribution < 1.29 is 9.52 Å². The zero-order valence-electron chi connectivity index (χ0n) is 20.5. The first-order valence-corrected chi connectivity index (χ1v) is 12.9. The minimum absolute atomic E-state index is 0.196. The third-order valence-electron chi connectivity index (χ3n) is 8.41. The molecule has 2 N–H and O–H groups in total. The number of aliphatic hydroxyl groups is 1. The SMILES string of the molecule is CC(CC(O)N1CCCC2C(c3nn[nH]n3)CCCC21)c1cn(C)c2cccc(-c3ccco3)c12. The second kappa shape index (κ2) is 9.24. The Morgan fingerprint density at radius 1 is 1.17 bits per heavy atom. The van der Waals surface area contributed by atoms with Gasteiger partial charge in [0.15, 0.2) is 5.82 Å². The van der Waals surface area contributed by atoms with Crippen molar-refractivity contribution in [2.75, 3.05) is 6.54 Å². The molecule has 0 spiro atoms. The smallest absolute Gasteiger partial charge is 0.177 e. The first kappa shape index (κ1) is 22.5. The first-order chi connectivity index (χ1) is 17.1. The molecule has 184 valence electrons. The summed E-state index contributed by atoms with van der Waals surface area (Å²) in [7, 11) is 2.09. The quantitative estimate of drug-likeness (QED) is 0.416. The summed E-state index contributed by atoms with van der Waals surface area (Å²) in [5, 5.41) is 27.8. The molecule has 1 saturated carbocycles. The highest BCUT2D eigenvalue weighted by atomic mass is 16.3. The van der Waals surface area contributed by atoms with E-state index >= 15 is 0 Å². The third kappa shape index (κ3) is 3.98. The normalized spacial score (nSPS) is 24.9. The zero-order chi connectivity index (χ0) is 23.9. The lowest BCUT2D eigenvalue weighted by Crippen LogP contribution is -2.53. The summed E-state index contributed by atoms with van der Waals surface area (Å²) in [6.07, 6.45) is 9.79. The fourth-order valence-electron chi connectivity index (χ4n) is 6.81. The number of rotatable bonds is 6. The number of aromatic nitrogens is 5. The van der Waals surface area contributed by atoms with Gasteiger partial charge in [0, 0.05) is 48.2 Å². The van der Waals surface area contributed by atoms with Gasteiger partial charge in [-0.1, -0.05) is 30.7 Å². The highest BCUT2D eigenvalue weighted by Crippen LogP contribution is 2.45. The number of piperidine rings is 1. The van der Waals surface area contributed by atoms with Gasteiger partial charge in [0.2, 0.25) is 0 Å². The summed E-state index contributed by atoms with van der Waals surface area (Å²) in [6.45, 7) is 3.18. The number of likely N-dealkylation sites (tertiary alicyclic amines) is 1. The molecule has 0 radical (unpaired) electrons. The minimum atomic E-state index is -0.479. The summed E-state index contributed by atoms with van der Waals surface area (Å²) in [5.74, 6) is 2.72. The van der Waals surface area contributed by atoms with Crippen molar-refractivity contribution in [2.45, 2.75) is 69.6 Å². The van der Waals surface area contributed by atoms with Crippen LogP contribution < -0.4 is 0 Å². The maximum Gasteiger partial charge on any atom is 0.177 e. The van der Waals surface area contributed by atoms with E-state index in [9.17, 15) is 5.11 Å². The van der Waals surface area contributed by atoms with Gasteiger partial charge in [0.25, 0.3) is 0 Å². The second-order valence-electron chi connectivity index (χ2n) is 10.4. The van der Waals surface area contributed by atoms with Crippen molar-refractivity contribution in [3.05, 3.63) is 54.2 Å². The summed E-state index contributed by atoms with van der Waals surface area (Å²) < 4.78 is 7.95. The van der Waals surface area contributed by atoms with E-state index in [2.05, 4.69) is 68.5 Å². The molecule has 6 rings (SSSR count). The van der Waals surface area contributed by atoms with E-state index in [4.69, 9.17) is 4.42 Å². The van der Waals surface area contributed by atoms with Gasteiger partial charge in [-0.2, -0.15) is 5.21 Å². The lowest BCUT2D eigenvalue weighted by Gasteiger charge is -2.48. The molecular weight excluding hydrogens is 440 g/mol. The number of fused-ring (bicyclic) bond motifs is 2. The highest BCUT2D eigenvalue weighted by Gasteiger charge is 2.43. The van der Waals surface area contributed by atoms with E-state index in [1.807, 2.05) is 12.1 Å². The maximum atomic E-state index is 11.5. The Kier molecular flexibility index (Phi) is 5.94. The number of benzene rings is 1. The molecule has 0 bridgehead atoms. The van der Waals surface area contributed by atoms with Crippen LogP contribution in [-0.4, -0.2) is 54.0 Å². The molecule has 3 aromatic heterocycles. The van der Waals surface area contributed by atoms with E-state index < -0.39 is 6.23 Å². The monoisotopic (exact) mass is 474 g/mol. The topological polar surface area (TPSA) is 96.0 Å². The minimum Gasteiger partial charge on any atom is -0.464 e. The van der Waals surface area contributed by atoms with Crippen LogP contribution in [0.3, 0.4) is 0 Å². The van der Waals surface area contributed by atoms with Crippen LogP contribution in [0.1, 0.15) is 68.7 Å². The molecule has 4 heterocycles. The van der Waals surface area contributed by atoms with Crippen molar-refractivity contribution in [1.82, 2.24) is 30.1 Å². The van der Waals surface area contributed by atoms with E-state index in [1.165, 1.54) is 22.9 Å². The van der Waals surface area contributed by atoms with Gasteiger partial charge in [-0.15, -0.1) is 10.2 Å². The fraction of sp³-hybridized carbons (Fsp3) is 0.519. The summed E-state index contributed by atoms with van der Waals surface area (Å²) in [5.41, 5.74) is 3.55. The number of hydrogen-bond acceptors (Lipinski definition) is 6. The number of aliphatic hydroxyl groups excluding tert-OH is 1. The van der Waals surface area contributed by atoms with Crippen LogP contribution in [0.2, 0.25) is 0 Å². The molecule has 0 amide bonds. The second-order valence-corrected chi connectivity index (χ2v) is 10.4. The Balaban J connectivity index is 1.26. The predicted molar refractivity (Wildman–Crippen MR) is 134 cm³/mol. The largest absolute Gasteiger partial charge is 0.464 e. The van der Waals surface area contributed by atoms with Crippen LogP contribution in [-0.2, 0) is 7.05 Å². The molecule has 4 aromatic rings. The van der Waals surface area contributed by atoms with Crippen LogP contribution in [0.4, 0.5) is 0 Å². The first-order valence-electron chi connectivity index (χ1n) is 12.9. The van der Waals surface area contributed by atoms with Crippen LogP contribution in [0.25, 0.3) is 22.2 Å². The Bertz CT molecular complexity index is 1260. The van der Waals surface area contributed by atoms with Crippen LogP contribution in [0, 0.1) is 5.92 Å². The van der Waals surface area contributed by atoms with Gasteiger partial charge in [0.05, 0.1) is 6.26 Å². The van der Waals surface area contributed by atoms with Gasteiger partial charge >= 0.3 is 0 Å². The Labute approximate surface area is 205 Å². The Morgan fingerprint density at radius 3 is 2.89 bits per heavy atom. The fourth-order valence-corrected chi connectivity index (χ4v) is 6.81. The average molecular weight is 475 g/mol. The molecule has 1 aliphatic heterocycles. The number of aryl methyl sites for hydroxylation is 1. The molecule has 5 atom stereocenters. The van der Waals surface area contributed by atoms with Crippen molar-refractivity contribution in [3.63, 3.8) is 0 Å². The van der Waals surface area contributed by atoms with Crippen molar-refractivity contribution in [2.24, 2.45) is 13.0 Å². The van der Waals surface area contributed by atoms with E-state index in [0.717, 1.165) is 49.4 Å². The number of furan rings is 1. The van der Waals surface area contributed by atoms with Crippen LogP contribution >= 0.6 is 0 Å². The van der Waals surface area contributed by atoms with Crippen molar-refractivity contribution >= 4 is 10.9 Å². The molecule has 35 heavy (non-hydrogen) atoms. The maximum absolute atomic E-state index is 11.5. The molecule has 2 aliphatic rings. The van der Waals surface area contributed by atoms with Gasteiger partial charge in [-0.3, -0.25) is 4.90 Å². The molecule has 8 heteroatoms. The number of nitrogens with one attached hydrogen (secondary N) is 1. The number of tetrazole rings is 1. The molecule has 1 aromatic carbocycles. The number of aromatic amines is 1. The molecule has 2 fully saturated rings. The van der Waals surface area contributed by atoms with Gasteiger partial charge in [0.1, 0.15) is 12.0 Å². The van der Waals surface area contributed by atoms with Gasteiger partial charge in [-0.05, 0) is 67.7 Å². The van der Waals surface area contributed by atoms with Crippen LogP contribution in [0.15, 0.2) is 47.2 Å². The number of H-pyrrole nitrogens is 1. The zero-order valence-corrected chi connectivity index (χ0v) is 20.5. The summed E-state index contributed by atoms with van der Waals surface area (Å²) in [6, 6.07) is 10.7. The van der Waals surface area contributed by atoms with E-state index in [0.29, 0.717) is 24.3 Å². The molecule has 8 nitrogen and oxygen atoms in total. The van der Waals surface area contributed by atoms with Crippen molar-refractivity contribution in [3.8, 4) is 11.3 Å². The third-order valence-corrected chi connectivity index (χ3v) is 8.41. The molecular formula is C27H34N6O2. The Morgan fingerprint density at radius 2 is 2.09 bits per heavy atom. The lowest BCUT2D eigenvalue weighted by atomic mass is 9.70. The van der Waals surface area contributed by atoms with Gasteiger partial charge in [-0.25, -0.2) is 0 Å². The molecule has 5 unspecified atom stereocenters. The highest BCUT2D eigenvalue weighted by molar-refractivity contribution is 5.97. The summed E-state index contributed by atoms with van der Waals surface area (Å²) in [4.78, 5) is 2.37. The van der Waals surface area contributed by atoms with Gasteiger partial charge < -0.3 is 14.1 Å². The molecule has 1 aliphatic carbocycles. The average Bonchev–Trinajstić information content (AvgIpc) is 3.65. The lowest BCUT2D eigenvalue weighted by molar-refractivity contribution is -0.0810. The van der Waals surface area contributed by atoms with E-state index in [1.54, 1.807) is 6.26 Å². The number of hydrogen-bond donors (Lipinski definition) is 2. The standard InChI is InChI=1S/C27H34N6O2/c1-17(21-16-32(2)23-11-4-8-20(26(21)23)24-12-6-14-35-24)15-25(34)33-13-5-9-18-19(7-3-10-22(18)33)27-28-30-31-29-27/h4,6,8,11-12,14,16-19,22,25,34H,3,5,7,9-10,13,15H2,1-2H3,(H,28,29,30,31). The van der Waals surface area contributed by atoms with E-state index in [-0.39, 0.29) is 5.92 Å². The Hall–Kier alpha value is -2.97. The predicted octanol–water partition coefficient (Wildman–Crippen LogP) is 4.81. The molecule has 1 saturated heterocycles. The summed E-state index contributed by atoms with van der Waals surface area (Å²) >= 11 is 0. The van der Waals surface area contributed by atoms with Crippen molar-refractivity contribution in [1.29, 1.82) is 0 Å². The number of nitrogens with zero attached hydrogens (tertiary/aromatic N) is 5.